The monoisotopic (exact) mass is 483 g/mol. The van der Waals surface area contributed by atoms with Crippen LogP contribution < -0.4 is 0 Å². The summed E-state index contributed by atoms with van der Waals surface area (Å²) in [6.07, 6.45) is 6.34. The van der Waals surface area contributed by atoms with Gasteiger partial charge in [0.05, 0.1) is 6.61 Å². The highest BCUT2D eigenvalue weighted by Crippen LogP contribution is 2.45. The van der Waals surface area contributed by atoms with E-state index in [-0.39, 0.29) is 17.4 Å². The first-order chi connectivity index (χ1) is 16.7. The second-order valence-electron chi connectivity index (χ2n) is 11.7. The number of carbonyl (C=O) groups excluding carboxylic acids is 2. The predicted octanol–water partition coefficient (Wildman–Crippen LogP) is 3.53. The molecule has 3 aliphatic heterocycles. The molecular weight excluding hydrogens is 442 g/mol. The van der Waals surface area contributed by atoms with E-state index >= 15 is 0 Å². The Bertz CT molecular complexity index is 950. The smallest absolute Gasteiger partial charge is 0.410 e. The molecule has 2 saturated heterocycles. The number of hydrogen-bond acceptors (Lipinski definition) is 5. The van der Waals surface area contributed by atoms with Gasteiger partial charge in [0, 0.05) is 37.1 Å². The van der Waals surface area contributed by atoms with E-state index in [1.165, 1.54) is 17.5 Å². The number of amides is 2. The number of ether oxygens (including phenoxy) is 1. The average Bonchev–Trinajstić information content (AvgIpc) is 3.28. The van der Waals surface area contributed by atoms with E-state index < -0.39 is 5.60 Å². The Hall–Kier alpha value is -2.12. The summed E-state index contributed by atoms with van der Waals surface area (Å²) in [6, 6.07) is 9.36. The fourth-order valence-electron chi connectivity index (χ4n) is 7.35. The molecule has 0 radical (unpaired) electrons. The van der Waals surface area contributed by atoms with Crippen LogP contribution in [0.1, 0.15) is 70.4 Å². The van der Waals surface area contributed by atoms with Gasteiger partial charge in [-0.1, -0.05) is 24.3 Å². The molecule has 1 N–H and O–H groups in total. The summed E-state index contributed by atoms with van der Waals surface area (Å²) in [5.74, 6) is 0.386. The number of likely N-dealkylation sites (tertiary alicyclic amines) is 2. The summed E-state index contributed by atoms with van der Waals surface area (Å²) in [5, 5.41) is 10.4. The Labute approximate surface area is 209 Å². The largest absolute Gasteiger partial charge is 0.450 e. The Morgan fingerprint density at radius 1 is 1.14 bits per heavy atom. The van der Waals surface area contributed by atoms with Crippen LogP contribution in [0.4, 0.5) is 4.79 Å². The summed E-state index contributed by atoms with van der Waals surface area (Å²) in [5.41, 5.74) is 1.17. The summed E-state index contributed by atoms with van der Waals surface area (Å²) >= 11 is 0. The SMILES string of the molecule is CCOC(=O)N1CCCC2CC(N3CCC4(CC3)CN(C(=O)C(C)(C)O)Cc3ccccc34)CC21. The normalized spacial score (nSPS) is 28.5. The van der Waals surface area contributed by atoms with Gasteiger partial charge in [-0.3, -0.25) is 4.79 Å². The van der Waals surface area contributed by atoms with Crippen LogP contribution in [0.3, 0.4) is 0 Å². The minimum atomic E-state index is -1.36. The van der Waals surface area contributed by atoms with E-state index in [4.69, 9.17) is 4.74 Å². The molecule has 7 heteroatoms. The van der Waals surface area contributed by atoms with Crippen LogP contribution in [0.5, 0.6) is 0 Å². The third-order valence-electron chi connectivity index (χ3n) is 9.03. The Kier molecular flexibility index (Phi) is 6.60. The van der Waals surface area contributed by atoms with Gasteiger partial charge in [-0.05, 0) is 89.4 Å². The van der Waals surface area contributed by atoms with Gasteiger partial charge in [0.2, 0.25) is 0 Å². The Morgan fingerprint density at radius 2 is 1.89 bits per heavy atom. The number of nitrogens with zero attached hydrogens (tertiary/aromatic N) is 3. The van der Waals surface area contributed by atoms with Crippen molar-refractivity contribution in [3.63, 3.8) is 0 Å². The molecule has 3 heterocycles. The summed E-state index contributed by atoms with van der Waals surface area (Å²) < 4.78 is 5.36. The van der Waals surface area contributed by atoms with E-state index in [9.17, 15) is 14.7 Å². The molecule has 192 valence electrons. The van der Waals surface area contributed by atoms with Crippen LogP contribution in [-0.2, 0) is 21.5 Å². The van der Waals surface area contributed by atoms with Crippen LogP contribution in [0.25, 0.3) is 0 Å². The molecule has 3 atom stereocenters. The number of aliphatic hydroxyl groups is 1. The summed E-state index contributed by atoms with van der Waals surface area (Å²) in [6.45, 7) is 9.54. The maximum atomic E-state index is 13.0. The molecule has 1 aliphatic carbocycles. The lowest BCUT2D eigenvalue weighted by atomic mass is 9.68. The van der Waals surface area contributed by atoms with E-state index in [1.54, 1.807) is 13.8 Å². The molecule has 35 heavy (non-hydrogen) atoms. The molecule has 2 amide bonds. The zero-order valence-corrected chi connectivity index (χ0v) is 21.5. The lowest BCUT2D eigenvalue weighted by Crippen LogP contribution is -2.57. The molecule has 5 rings (SSSR count). The maximum absolute atomic E-state index is 13.0. The standard InChI is InChI=1S/C28H41N3O4/c1-4-35-26(33)31-13-7-9-20-16-22(17-24(20)31)29-14-11-28(12-15-29)19-30(25(32)27(2,3)34)18-21-8-5-6-10-23(21)28/h5-6,8,10,20,22,24,34H,4,7,9,11-19H2,1-3H3. The molecule has 0 bridgehead atoms. The summed E-state index contributed by atoms with van der Waals surface area (Å²) in [7, 11) is 0. The quantitative estimate of drug-likeness (QED) is 0.712. The number of carbonyl (C=O) groups is 2. The second kappa shape index (κ2) is 9.40. The average molecular weight is 484 g/mol. The highest BCUT2D eigenvalue weighted by molar-refractivity contribution is 5.84. The fourth-order valence-corrected chi connectivity index (χ4v) is 7.35. The summed E-state index contributed by atoms with van der Waals surface area (Å²) in [4.78, 5) is 32.1. The van der Waals surface area contributed by atoms with Crippen molar-refractivity contribution >= 4 is 12.0 Å². The van der Waals surface area contributed by atoms with Crippen molar-refractivity contribution in [2.24, 2.45) is 5.92 Å². The van der Waals surface area contributed by atoms with Gasteiger partial charge in [0.25, 0.3) is 5.91 Å². The zero-order valence-electron chi connectivity index (χ0n) is 21.5. The topological polar surface area (TPSA) is 73.3 Å². The molecule has 1 aromatic carbocycles. The first-order valence-corrected chi connectivity index (χ1v) is 13.5. The Morgan fingerprint density at radius 3 is 2.60 bits per heavy atom. The van der Waals surface area contributed by atoms with Crippen molar-refractivity contribution in [2.45, 2.75) is 88.9 Å². The number of hydrogen-bond donors (Lipinski definition) is 1. The molecule has 3 fully saturated rings. The van der Waals surface area contributed by atoms with E-state index in [1.807, 2.05) is 16.7 Å². The minimum Gasteiger partial charge on any atom is -0.450 e. The van der Waals surface area contributed by atoms with E-state index in [0.29, 0.717) is 37.7 Å². The zero-order chi connectivity index (χ0) is 24.8. The van der Waals surface area contributed by atoms with Crippen LogP contribution >= 0.6 is 0 Å². The lowest BCUT2D eigenvalue weighted by Gasteiger charge is -2.50. The number of benzene rings is 1. The molecule has 7 nitrogen and oxygen atoms in total. The second-order valence-corrected chi connectivity index (χ2v) is 11.7. The third kappa shape index (κ3) is 4.57. The molecule has 3 unspecified atom stereocenters. The van der Waals surface area contributed by atoms with E-state index in [0.717, 1.165) is 51.7 Å². The van der Waals surface area contributed by atoms with Gasteiger partial charge in [0.15, 0.2) is 0 Å². The Balaban J connectivity index is 1.30. The van der Waals surface area contributed by atoms with Crippen molar-refractivity contribution in [2.75, 3.05) is 32.8 Å². The lowest BCUT2D eigenvalue weighted by molar-refractivity contribution is -0.150. The van der Waals surface area contributed by atoms with E-state index in [2.05, 4.69) is 29.2 Å². The predicted molar refractivity (Wildman–Crippen MR) is 134 cm³/mol. The third-order valence-corrected chi connectivity index (χ3v) is 9.03. The van der Waals surface area contributed by atoms with Gasteiger partial charge >= 0.3 is 6.09 Å². The molecular formula is C28H41N3O4. The molecule has 0 aromatic heterocycles. The molecule has 4 aliphatic rings. The first kappa shape index (κ1) is 24.6. The van der Waals surface area contributed by atoms with Crippen molar-refractivity contribution in [1.82, 2.24) is 14.7 Å². The fraction of sp³-hybridized carbons (Fsp3) is 0.714. The van der Waals surface area contributed by atoms with Gasteiger partial charge in [-0.25, -0.2) is 4.79 Å². The van der Waals surface area contributed by atoms with Crippen LogP contribution in [-0.4, -0.2) is 82.3 Å². The molecule has 1 saturated carbocycles. The minimum absolute atomic E-state index is 0.0609. The van der Waals surface area contributed by atoms with Crippen molar-refractivity contribution in [3.8, 4) is 0 Å². The highest BCUT2D eigenvalue weighted by atomic mass is 16.6. The van der Waals surface area contributed by atoms with Crippen molar-refractivity contribution in [1.29, 1.82) is 0 Å². The van der Waals surface area contributed by atoms with Gasteiger partial charge < -0.3 is 24.5 Å². The van der Waals surface area contributed by atoms with Crippen LogP contribution in [0.2, 0.25) is 0 Å². The van der Waals surface area contributed by atoms with Gasteiger partial charge in [-0.15, -0.1) is 0 Å². The number of rotatable bonds is 3. The first-order valence-electron chi connectivity index (χ1n) is 13.5. The van der Waals surface area contributed by atoms with Crippen LogP contribution in [0, 0.1) is 5.92 Å². The van der Waals surface area contributed by atoms with Gasteiger partial charge in [0.1, 0.15) is 5.60 Å². The molecule has 1 spiro atoms. The van der Waals surface area contributed by atoms with Crippen molar-refractivity contribution in [3.05, 3.63) is 35.4 Å². The highest BCUT2D eigenvalue weighted by Gasteiger charge is 2.48. The number of piperidine rings is 2. The maximum Gasteiger partial charge on any atom is 0.410 e. The van der Waals surface area contributed by atoms with Crippen LogP contribution in [0.15, 0.2) is 24.3 Å². The molecule has 1 aromatic rings. The van der Waals surface area contributed by atoms with Gasteiger partial charge in [-0.2, -0.15) is 0 Å². The number of fused-ring (bicyclic) bond motifs is 3. The van der Waals surface area contributed by atoms with Crippen molar-refractivity contribution < 1.29 is 19.4 Å².